The van der Waals surface area contributed by atoms with Gasteiger partial charge in [0.15, 0.2) is 5.78 Å². The van der Waals surface area contributed by atoms with Gasteiger partial charge in [-0.2, -0.15) is 0 Å². The van der Waals surface area contributed by atoms with Crippen LogP contribution in [0.4, 0.5) is 0 Å². The van der Waals surface area contributed by atoms with Gasteiger partial charge in [-0.3, -0.25) is 4.79 Å². The molecule has 1 rings (SSSR count). The van der Waals surface area contributed by atoms with Crippen molar-refractivity contribution in [2.24, 2.45) is 5.73 Å². The van der Waals surface area contributed by atoms with Crippen LogP contribution in [-0.4, -0.2) is 22.5 Å². The molecule has 0 atom stereocenters. The number of hydrogen-bond acceptors (Lipinski definition) is 4. The molecule has 0 unspecified atom stereocenters. The number of carbonyl (C=O) groups excluding carboxylic acids is 1. The van der Waals surface area contributed by atoms with Crippen LogP contribution in [0, 0.1) is 0 Å². The van der Waals surface area contributed by atoms with E-state index in [0.717, 1.165) is 0 Å². The number of aromatic hydroxyl groups is 2. The molecule has 0 bridgehead atoms. The number of benzene rings is 1. The Morgan fingerprint density at radius 2 is 1.83 bits per heavy atom. The van der Waals surface area contributed by atoms with Crippen LogP contribution in [0.3, 0.4) is 0 Å². The highest BCUT2D eigenvalue weighted by Gasteiger charge is 2.13. The van der Waals surface area contributed by atoms with Crippen molar-refractivity contribution in [1.29, 1.82) is 0 Å². The van der Waals surface area contributed by atoms with Gasteiger partial charge < -0.3 is 15.9 Å². The van der Waals surface area contributed by atoms with E-state index in [1.165, 1.54) is 18.2 Å². The fourth-order valence-corrected chi connectivity index (χ4v) is 0.916. The number of hydrogen-bond donors (Lipinski definition) is 3. The van der Waals surface area contributed by atoms with Gasteiger partial charge in [0.2, 0.25) is 0 Å². The van der Waals surface area contributed by atoms with Crippen molar-refractivity contribution in [1.82, 2.24) is 0 Å². The molecule has 0 aromatic heterocycles. The maximum absolute atomic E-state index is 11.0. The molecule has 1 aromatic carbocycles. The maximum Gasteiger partial charge on any atom is 0.183 e. The third-order valence-electron chi connectivity index (χ3n) is 1.48. The van der Waals surface area contributed by atoms with E-state index in [1.54, 1.807) is 0 Å². The van der Waals surface area contributed by atoms with Crippen LogP contribution in [0.1, 0.15) is 10.4 Å². The molecule has 0 aliphatic heterocycles. The molecule has 0 amide bonds. The van der Waals surface area contributed by atoms with E-state index in [1.807, 2.05) is 0 Å². The largest absolute Gasteiger partial charge is 0.507 e. The molecule has 0 heterocycles. The zero-order valence-corrected chi connectivity index (χ0v) is 6.32. The minimum absolute atomic E-state index is 0.111. The molecule has 4 N–H and O–H groups in total. The Morgan fingerprint density at radius 3 is 2.25 bits per heavy atom. The van der Waals surface area contributed by atoms with Gasteiger partial charge in [-0.1, -0.05) is 6.07 Å². The predicted octanol–water partition coefficient (Wildman–Crippen LogP) is 0.239. The Hall–Kier alpha value is -1.55. The summed E-state index contributed by atoms with van der Waals surface area (Å²) in [6.45, 7) is -0.231. The first-order chi connectivity index (χ1) is 5.66. The van der Waals surface area contributed by atoms with Gasteiger partial charge >= 0.3 is 0 Å². The Morgan fingerprint density at radius 1 is 1.33 bits per heavy atom. The zero-order chi connectivity index (χ0) is 9.14. The van der Waals surface area contributed by atoms with Crippen LogP contribution < -0.4 is 5.73 Å². The molecular formula is C8H9NO3. The maximum atomic E-state index is 11.0. The fraction of sp³-hybridized carbons (Fsp3) is 0.125. The summed E-state index contributed by atoms with van der Waals surface area (Å²) in [5, 5.41) is 18.3. The number of rotatable bonds is 2. The summed E-state index contributed by atoms with van der Waals surface area (Å²) in [4.78, 5) is 11.0. The molecule has 0 spiro atoms. The molecule has 0 saturated carbocycles. The first-order valence-corrected chi connectivity index (χ1v) is 3.41. The highest BCUT2D eigenvalue weighted by molar-refractivity contribution is 6.02. The minimum atomic E-state index is -0.481. The van der Waals surface area contributed by atoms with Crippen molar-refractivity contribution in [2.45, 2.75) is 0 Å². The molecule has 4 heteroatoms. The fourth-order valence-electron chi connectivity index (χ4n) is 0.916. The van der Waals surface area contributed by atoms with Crippen molar-refractivity contribution in [3.05, 3.63) is 23.8 Å². The Labute approximate surface area is 69.3 Å². The third kappa shape index (κ3) is 1.38. The van der Waals surface area contributed by atoms with Crippen LogP contribution >= 0.6 is 0 Å². The first kappa shape index (κ1) is 8.55. The van der Waals surface area contributed by atoms with Gasteiger partial charge in [-0.05, 0) is 12.1 Å². The third-order valence-corrected chi connectivity index (χ3v) is 1.48. The Balaban J connectivity index is 3.21. The van der Waals surface area contributed by atoms with E-state index >= 15 is 0 Å². The number of ketones is 1. The van der Waals surface area contributed by atoms with Gasteiger partial charge in [-0.25, -0.2) is 0 Å². The van der Waals surface area contributed by atoms with Gasteiger partial charge in [0.1, 0.15) is 17.1 Å². The van der Waals surface area contributed by atoms with Crippen molar-refractivity contribution >= 4 is 5.78 Å². The number of carbonyl (C=O) groups is 1. The van der Waals surface area contributed by atoms with Crippen molar-refractivity contribution in [2.75, 3.05) is 6.54 Å². The van der Waals surface area contributed by atoms with E-state index in [9.17, 15) is 4.79 Å². The number of Topliss-reactive ketones (excluding diaryl/α,β-unsaturated/α-hetero) is 1. The van der Waals surface area contributed by atoms with Crippen LogP contribution in [0.15, 0.2) is 18.2 Å². The highest BCUT2D eigenvalue weighted by atomic mass is 16.3. The second-order valence-corrected chi connectivity index (χ2v) is 2.30. The summed E-state index contributed by atoms with van der Waals surface area (Å²) < 4.78 is 0. The molecule has 0 aliphatic carbocycles. The van der Waals surface area contributed by atoms with Gasteiger partial charge in [0, 0.05) is 0 Å². The topological polar surface area (TPSA) is 83.6 Å². The van der Waals surface area contributed by atoms with Crippen LogP contribution in [0.25, 0.3) is 0 Å². The van der Waals surface area contributed by atoms with E-state index in [4.69, 9.17) is 15.9 Å². The number of phenolic OH excluding ortho intramolecular Hbond substituents is 2. The average Bonchev–Trinajstić information content (AvgIpc) is 2.03. The molecule has 4 nitrogen and oxygen atoms in total. The van der Waals surface area contributed by atoms with Crippen molar-refractivity contribution in [3.63, 3.8) is 0 Å². The van der Waals surface area contributed by atoms with Crippen LogP contribution in [0.2, 0.25) is 0 Å². The highest BCUT2D eigenvalue weighted by Crippen LogP contribution is 2.25. The van der Waals surface area contributed by atoms with Crippen LogP contribution in [0.5, 0.6) is 11.5 Å². The molecule has 0 saturated heterocycles. The van der Waals surface area contributed by atoms with Crippen molar-refractivity contribution < 1.29 is 15.0 Å². The lowest BCUT2D eigenvalue weighted by atomic mass is 10.1. The van der Waals surface area contributed by atoms with Gasteiger partial charge in [-0.15, -0.1) is 0 Å². The summed E-state index contributed by atoms with van der Waals surface area (Å²) in [6.07, 6.45) is 0. The lowest BCUT2D eigenvalue weighted by Crippen LogP contribution is -2.13. The van der Waals surface area contributed by atoms with E-state index in [-0.39, 0.29) is 23.6 Å². The molecule has 0 fully saturated rings. The smallest absolute Gasteiger partial charge is 0.183 e. The SMILES string of the molecule is NCC(=O)c1c(O)cccc1O. The van der Waals surface area contributed by atoms with E-state index < -0.39 is 5.78 Å². The average molecular weight is 167 g/mol. The summed E-state index contributed by atoms with van der Waals surface area (Å²) in [5.74, 6) is -0.971. The lowest BCUT2D eigenvalue weighted by molar-refractivity contribution is 0.0996. The van der Waals surface area contributed by atoms with Gasteiger partial charge in [0.25, 0.3) is 0 Å². The Kier molecular flexibility index (Phi) is 2.30. The monoisotopic (exact) mass is 167 g/mol. The summed E-state index contributed by atoms with van der Waals surface area (Å²) in [5.41, 5.74) is 4.96. The minimum Gasteiger partial charge on any atom is -0.507 e. The molecule has 1 aromatic rings. The lowest BCUT2D eigenvalue weighted by Gasteiger charge is -2.03. The predicted molar refractivity (Wildman–Crippen MR) is 43.2 cm³/mol. The van der Waals surface area contributed by atoms with Crippen molar-refractivity contribution in [3.8, 4) is 11.5 Å². The molecule has 64 valence electrons. The zero-order valence-electron chi connectivity index (χ0n) is 6.32. The normalized spacial score (nSPS) is 9.75. The second-order valence-electron chi connectivity index (χ2n) is 2.30. The standard InChI is InChI=1S/C8H9NO3/c9-4-7(12)8-5(10)2-1-3-6(8)11/h1-3,10-11H,4,9H2. The molecule has 12 heavy (non-hydrogen) atoms. The molecule has 0 aliphatic rings. The molecular weight excluding hydrogens is 158 g/mol. The number of phenols is 2. The van der Waals surface area contributed by atoms with Gasteiger partial charge in [0.05, 0.1) is 6.54 Å². The van der Waals surface area contributed by atoms with E-state index in [0.29, 0.717) is 0 Å². The quantitative estimate of drug-likeness (QED) is 0.551. The molecule has 0 radical (unpaired) electrons. The first-order valence-electron chi connectivity index (χ1n) is 3.41. The summed E-state index contributed by atoms with van der Waals surface area (Å²) in [6, 6.07) is 4.09. The summed E-state index contributed by atoms with van der Waals surface area (Å²) >= 11 is 0. The number of nitrogens with two attached hydrogens (primary N) is 1. The van der Waals surface area contributed by atoms with Crippen LogP contribution in [-0.2, 0) is 0 Å². The summed E-state index contributed by atoms with van der Waals surface area (Å²) in [7, 11) is 0. The second kappa shape index (κ2) is 3.23. The Bertz CT molecular complexity index is 289. The van der Waals surface area contributed by atoms with E-state index in [2.05, 4.69) is 0 Å².